The summed E-state index contributed by atoms with van der Waals surface area (Å²) in [5.74, 6) is -0.166. The molecule has 0 aliphatic rings. The van der Waals surface area contributed by atoms with Crippen LogP contribution in [0.1, 0.15) is 42.7 Å². The first-order valence-electron chi connectivity index (χ1n) is 11.8. The highest BCUT2D eigenvalue weighted by atomic mass is 16.2. The summed E-state index contributed by atoms with van der Waals surface area (Å²) < 4.78 is 3.58. The van der Waals surface area contributed by atoms with Crippen LogP contribution in [0.3, 0.4) is 0 Å². The second-order valence-corrected chi connectivity index (χ2v) is 9.16. The summed E-state index contributed by atoms with van der Waals surface area (Å²) >= 11 is 0. The average Bonchev–Trinajstić information content (AvgIpc) is 3.43. The maximum absolute atomic E-state index is 13.2. The van der Waals surface area contributed by atoms with E-state index in [0.29, 0.717) is 11.2 Å². The average molecular weight is 482 g/mol. The molecule has 1 unspecified atom stereocenters. The summed E-state index contributed by atoms with van der Waals surface area (Å²) in [6.45, 7) is 5.59. The van der Waals surface area contributed by atoms with Crippen LogP contribution in [0.25, 0.3) is 27.7 Å². The number of carbonyl (C=O) groups excluding carboxylic acids is 2. The number of pyridine rings is 2. The summed E-state index contributed by atoms with van der Waals surface area (Å²) in [6, 6.07) is 13.5. The molecule has 0 radical (unpaired) electrons. The number of nitrogens with zero attached hydrogens (tertiary/aromatic N) is 5. The van der Waals surface area contributed by atoms with Gasteiger partial charge in [-0.25, -0.2) is 4.52 Å². The van der Waals surface area contributed by atoms with Crippen LogP contribution >= 0.6 is 0 Å². The molecule has 0 aliphatic heterocycles. The van der Waals surface area contributed by atoms with Crippen molar-refractivity contribution in [1.82, 2.24) is 29.5 Å². The highest BCUT2D eigenvalue weighted by Gasteiger charge is 2.18. The van der Waals surface area contributed by atoms with E-state index in [9.17, 15) is 9.59 Å². The zero-order chi connectivity index (χ0) is 25.4. The van der Waals surface area contributed by atoms with E-state index in [1.54, 1.807) is 16.9 Å². The molecule has 2 amide bonds. The van der Waals surface area contributed by atoms with Gasteiger partial charge in [0.05, 0.1) is 11.6 Å². The lowest BCUT2D eigenvalue weighted by Crippen LogP contribution is -2.26. The quantitative estimate of drug-likeness (QED) is 0.375. The van der Waals surface area contributed by atoms with Crippen LogP contribution in [0, 0.1) is 5.92 Å². The topological polar surface area (TPSA) is 106 Å². The molecule has 4 heterocycles. The lowest BCUT2D eigenvalue weighted by atomic mass is 10.0. The number of aryl methyl sites for hydroxylation is 1. The molecular weight excluding hydrogens is 454 g/mol. The second kappa shape index (κ2) is 9.26. The Balaban J connectivity index is 1.46. The van der Waals surface area contributed by atoms with Crippen molar-refractivity contribution in [3.63, 3.8) is 0 Å². The first kappa shape index (κ1) is 23.2. The Morgan fingerprint density at radius 2 is 1.72 bits per heavy atom. The molecule has 0 bridgehead atoms. The van der Waals surface area contributed by atoms with Gasteiger partial charge in [0.15, 0.2) is 5.65 Å². The van der Waals surface area contributed by atoms with E-state index in [-0.39, 0.29) is 29.7 Å². The smallest absolute Gasteiger partial charge is 0.253 e. The minimum Gasteiger partial charge on any atom is -0.350 e. The van der Waals surface area contributed by atoms with E-state index in [4.69, 9.17) is 0 Å². The van der Waals surface area contributed by atoms with Crippen molar-refractivity contribution < 1.29 is 9.59 Å². The molecule has 1 atom stereocenters. The van der Waals surface area contributed by atoms with Crippen LogP contribution in [0.4, 0.5) is 5.95 Å². The van der Waals surface area contributed by atoms with Crippen molar-refractivity contribution in [3.8, 4) is 11.1 Å². The SMILES string of the molecule is CC(C)C(=O)Nc1nc2cc(-c3ccc4c(c3)c(C(=O)NC(C)c3ccncc3)cn4C)ccn2n1. The Bertz CT molecular complexity index is 1580. The van der Waals surface area contributed by atoms with Crippen LogP contribution in [-0.2, 0) is 11.8 Å². The summed E-state index contributed by atoms with van der Waals surface area (Å²) in [5.41, 5.74) is 5.05. The van der Waals surface area contributed by atoms with Crippen molar-refractivity contribution >= 4 is 34.3 Å². The van der Waals surface area contributed by atoms with Gasteiger partial charge >= 0.3 is 0 Å². The van der Waals surface area contributed by atoms with Crippen molar-refractivity contribution in [2.75, 3.05) is 5.32 Å². The van der Waals surface area contributed by atoms with Crippen LogP contribution < -0.4 is 10.6 Å². The van der Waals surface area contributed by atoms with Gasteiger partial charge in [0, 0.05) is 48.7 Å². The number of anilines is 1. The van der Waals surface area contributed by atoms with E-state index in [2.05, 4.69) is 25.7 Å². The van der Waals surface area contributed by atoms with Crippen LogP contribution in [0.5, 0.6) is 0 Å². The van der Waals surface area contributed by atoms with E-state index in [1.807, 2.05) is 87.2 Å². The second-order valence-electron chi connectivity index (χ2n) is 9.16. The lowest BCUT2D eigenvalue weighted by Gasteiger charge is -2.13. The van der Waals surface area contributed by atoms with Gasteiger partial charge in [-0.05, 0) is 60.0 Å². The first-order chi connectivity index (χ1) is 17.3. The molecule has 2 N–H and O–H groups in total. The van der Waals surface area contributed by atoms with Gasteiger partial charge < -0.3 is 9.88 Å². The molecule has 1 aromatic carbocycles. The Labute approximate surface area is 208 Å². The number of hydrogen-bond donors (Lipinski definition) is 2. The highest BCUT2D eigenvalue weighted by Crippen LogP contribution is 2.29. The number of hydrogen-bond acceptors (Lipinski definition) is 5. The maximum atomic E-state index is 13.2. The Morgan fingerprint density at radius 1 is 0.972 bits per heavy atom. The first-order valence-corrected chi connectivity index (χ1v) is 11.8. The Hall–Kier alpha value is -4.53. The largest absolute Gasteiger partial charge is 0.350 e. The summed E-state index contributed by atoms with van der Waals surface area (Å²) in [7, 11) is 1.93. The monoisotopic (exact) mass is 481 g/mol. The number of carbonyl (C=O) groups is 2. The van der Waals surface area contributed by atoms with Gasteiger partial charge in [0.1, 0.15) is 0 Å². The number of amides is 2. The molecule has 5 aromatic rings. The van der Waals surface area contributed by atoms with Crippen molar-refractivity contribution in [2.24, 2.45) is 13.0 Å². The molecule has 0 aliphatic carbocycles. The predicted octanol–water partition coefficient (Wildman–Crippen LogP) is 4.37. The Kier molecular flexibility index (Phi) is 5.97. The molecule has 182 valence electrons. The zero-order valence-electron chi connectivity index (χ0n) is 20.6. The molecule has 0 spiro atoms. The van der Waals surface area contributed by atoms with Crippen molar-refractivity contribution in [2.45, 2.75) is 26.8 Å². The van der Waals surface area contributed by atoms with Crippen LogP contribution in [0.2, 0.25) is 0 Å². The molecular formula is C27H27N7O2. The number of rotatable bonds is 6. The highest BCUT2D eigenvalue weighted by molar-refractivity contribution is 6.08. The molecule has 4 aromatic heterocycles. The Morgan fingerprint density at radius 3 is 2.47 bits per heavy atom. The summed E-state index contributed by atoms with van der Waals surface area (Å²) in [6.07, 6.45) is 7.10. The standard InChI is InChI=1S/C27H27N7O2/c1-16(2)25(35)31-27-30-24-14-20(9-12-34(24)32-27)19-5-6-23-21(13-19)22(15-33(23)4)26(36)29-17(3)18-7-10-28-11-8-18/h5-17H,1-4H3,(H,29,36)(H,31,32,35). The molecule has 36 heavy (non-hydrogen) atoms. The van der Waals surface area contributed by atoms with E-state index < -0.39 is 0 Å². The van der Waals surface area contributed by atoms with E-state index in [1.165, 1.54) is 0 Å². The van der Waals surface area contributed by atoms with Crippen LogP contribution in [0.15, 0.2) is 67.3 Å². The van der Waals surface area contributed by atoms with Crippen molar-refractivity contribution in [3.05, 3.63) is 78.4 Å². The third-order valence-electron chi connectivity index (χ3n) is 6.22. The number of nitrogens with one attached hydrogen (secondary N) is 2. The van der Waals surface area contributed by atoms with Crippen LogP contribution in [-0.4, -0.2) is 36.0 Å². The minimum absolute atomic E-state index is 0.135. The molecule has 9 heteroatoms. The van der Waals surface area contributed by atoms with Gasteiger partial charge in [-0.3, -0.25) is 19.9 Å². The molecule has 9 nitrogen and oxygen atoms in total. The molecule has 0 fully saturated rings. The van der Waals surface area contributed by atoms with Gasteiger partial charge in [0.25, 0.3) is 5.91 Å². The lowest BCUT2D eigenvalue weighted by molar-refractivity contribution is -0.118. The fraction of sp³-hybridized carbons (Fsp3) is 0.222. The van der Waals surface area contributed by atoms with Gasteiger partial charge in [0.2, 0.25) is 11.9 Å². The van der Waals surface area contributed by atoms with E-state index >= 15 is 0 Å². The zero-order valence-corrected chi connectivity index (χ0v) is 20.6. The molecule has 0 saturated carbocycles. The fourth-order valence-electron chi connectivity index (χ4n) is 4.13. The third-order valence-corrected chi connectivity index (χ3v) is 6.22. The summed E-state index contributed by atoms with van der Waals surface area (Å²) in [4.78, 5) is 33.7. The molecule has 5 rings (SSSR count). The summed E-state index contributed by atoms with van der Waals surface area (Å²) in [5, 5.41) is 11.0. The normalized spacial score (nSPS) is 12.2. The fourth-order valence-corrected chi connectivity index (χ4v) is 4.13. The maximum Gasteiger partial charge on any atom is 0.253 e. The van der Waals surface area contributed by atoms with Crippen molar-refractivity contribution in [1.29, 1.82) is 0 Å². The van der Waals surface area contributed by atoms with E-state index in [0.717, 1.165) is 27.6 Å². The molecule has 0 saturated heterocycles. The number of aromatic nitrogens is 5. The van der Waals surface area contributed by atoms with Gasteiger partial charge in [-0.2, -0.15) is 4.98 Å². The van der Waals surface area contributed by atoms with Gasteiger partial charge in [-0.1, -0.05) is 19.9 Å². The number of benzene rings is 1. The predicted molar refractivity (Wildman–Crippen MR) is 138 cm³/mol. The minimum atomic E-state index is -0.163. The number of fused-ring (bicyclic) bond motifs is 2. The van der Waals surface area contributed by atoms with Gasteiger partial charge in [-0.15, -0.1) is 5.10 Å². The third kappa shape index (κ3) is 4.43.